The first-order chi connectivity index (χ1) is 10.9. The summed E-state index contributed by atoms with van der Waals surface area (Å²) in [5.41, 5.74) is 3.13. The van der Waals surface area contributed by atoms with E-state index in [1.807, 2.05) is 24.3 Å². The monoisotopic (exact) mass is 313 g/mol. The van der Waals surface area contributed by atoms with Gasteiger partial charge in [0.15, 0.2) is 0 Å². The molecule has 0 aliphatic rings. The normalized spacial score (nSPS) is 10.3. The fourth-order valence-corrected chi connectivity index (χ4v) is 2.35. The fraction of sp³-hybridized carbons (Fsp3) is 0.211. The summed E-state index contributed by atoms with van der Waals surface area (Å²) in [7, 11) is 1.69. The first-order valence-electron chi connectivity index (χ1n) is 7.37. The van der Waals surface area contributed by atoms with Crippen molar-refractivity contribution >= 4 is 5.91 Å². The van der Waals surface area contributed by atoms with E-state index >= 15 is 0 Å². The van der Waals surface area contributed by atoms with E-state index in [0.717, 1.165) is 16.7 Å². The summed E-state index contributed by atoms with van der Waals surface area (Å²) < 4.78 is 12.9. The van der Waals surface area contributed by atoms with Crippen LogP contribution < -0.4 is 0 Å². The van der Waals surface area contributed by atoms with Crippen molar-refractivity contribution in [2.45, 2.75) is 19.4 Å². The van der Waals surface area contributed by atoms with Crippen molar-refractivity contribution < 1.29 is 14.3 Å². The molecule has 0 atom stereocenters. The lowest BCUT2D eigenvalue weighted by atomic mass is 10.0. The Bertz CT molecular complexity index is 695. The molecule has 3 nitrogen and oxygen atoms in total. The molecule has 0 spiro atoms. The Morgan fingerprint density at radius 2 is 1.78 bits per heavy atom. The lowest BCUT2D eigenvalue weighted by Crippen LogP contribution is -2.26. The van der Waals surface area contributed by atoms with E-state index in [4.69, 9.17) is 5.11 Å². The van der Waals surface area contributed by atoms with E-state index in [0.29, 0.717) is 13.0 Å². The van der Waals surface area contributed by atoms with Gasteiger partial charge in [-0.1, -0.05) is 43.0 Å². The predicted molar refractivity (Wildman–Crippen MR) is 88.5 cm³/mol. The molecule has 0 aliphatic carbocycles. The maximum absolute atomic E-state index is 12.9. The van der Waals surface area contributed by atoms with Gasteiger partial charge in [-0.15, -0.1) is 0 Å². The van der Waals surface area contributed by atoms with Crippen molar-refractivity contribution in [3.63, 3.8) is 0 Å². The van der Waals surface area contributed by atoms with Gasteiger partial charge in [-0.3, -0.25) is 4.79 Å². The summed E-state index contributed by atoms with van der Waals surface area (Å²) in [4.78, 5) is 13.4. The van der Waals surface area contributed by atoms with Crippen LogP contribution in [0.5, 0.6) is 0 Å². The summed E-state index contributed by atoms with van der Waals surface area (Å²) in [6.07, 6.45) is 0.644. The molecule has 0 radical (unpaired) electrons. The average Bonchev–Trinajstić information content (AvgIpc) is 2.49. The predicted octanol–water partition coefficient (Wildman–Crippen LogP) is 3.84. The zero-order valence-electron chi connectivity index (χ0n) is 13.1. The lowest BCUT2D eigenvalue weighted by molar-refractivity contribution is -0.130. The van der Waals surface area contributed by atoms with Crippen LogP contribution in [0, 0.1) is 5.82 Å². The minimum atomic E-state index is -0.242. The number of benzene rings is 2. The smallest absolute Gasteiger partial charge is 0.230 e. The lowest BCUT2D eigenvalue weighted by Gasteiger charge is -2.17. The standard InChI is InChI=1S/C19H20FNO2/c1-14(22)10-19(23)21(2)13-17-5-3-4-16(12-17)11-15-6-8-18(20)9-7-15/h3-9,12,22H,1,10-11,13H2,2H3. The zero-order chi connectivity index (χ0) is 16.8. The van der Waals surface area contributed by atoms with Crippen molar-refractivity contribution in [3.8, 4) is 0 Å². The van der Waals surface area contributed by atoms with Gasteiger partial charge in [0.2, 0.25) is 5.91 Å². The largest absolute Gasteiger partial charge is 0.512 e. The third kappa shape index (κ3) is 5.25. The molecule has 0 heterocycles. The van der Waals surface area contributed by atoms with E-state index in [1.54, 1.807) is 24.1 Å². The quantitative estimate of drug-likeness (QED) is 0.823. The number of hydrogen-bond donors (Lipinski definition) is 1. The van der Waals surface area contributed by atoms with E-state index in [1.165, 1.54) is 12.1 Å². The van der Waals surface area contributed by atoms with Gasteiger partial charge in [0.05, 0.1) is 12.2 Å². The molecule has 1 N–H and O–H groups in total. The maximum atomic E-state index is 12.9. The number of nitrogens with zero attached hydrogens (tertiary/aromatic N) is 1. The topological polar surface area (TPSA) is 40.5 Å². The van der Waals surface area contributed by atoms with Gasteiger partial charge in [-0.2, -0.15) is 0 Å². The zero-order valence-corrected chi connectivity index (χ0v) is 13.1. The number of hydrogen-bond acceptors (Lipinski definition) is 2. The first kappa shape index (κ1) is 16.7. The summed E-state index contributed by atoms with van der Waals surface area (Å²) in [5, 5.41) is 9.10. The minimum Gasteiger partial charge on any atom is -0.512 e. The highest BCUT2D eigenvalue weighted by molar-refractivity contribution is 5.77. The van der Waals surface area contributed by atoms with Gasteiger partial charge in [0.1, 0.15) is 5.82 Å². The second kappa shape index (κ2) is 7.58. The Morgan fingerprint density at radius 1 is 1.13 bits per heavy atom. The molecule has 0 saturated carbocycles. The Balaban J connectivity index is 2.03. The van der Waals surface area contributed by atoms with Crippen molar-refractivity contribution in [2.24, 2.45) is 0 Å². The number of carbonyl (C=O) groups excluding carboxylic acids is 1. The van der Waals surface area contributed by atoms with Gasteiger partial charge in [0, 0.05) is 13.6 Å². The molecule has 23 heavy (non-hydrogen) atoms. The molecule has 0 fully saturated rings. The molecule has 1 amide bonds. The summed E-state index contributed by atoms with van der Waals surface area (Å²) >= 11 is 0. The summed E-state index contributed by atoms with van der Waals surface area (Å²) in [6, 6.07) is 14.4. The highest BCUT2D eigenvalue weighted by Crippen LogP contribution is 2.14. The Labute approximate surface area is 135 Å². The third-order valence-electron chi connectivity index (χ3n) is 3.51. The van der Waals surface area contributed by atoms with Crippen LogP contribution in [0.4, 0.5) is 4.39 Å². The van der Waals surface area contributed by atoms with Gasteiger partial charge in [0.25, 0.3) is 0 Å². The van der Waals surface area contributed by atoms with Crippen LogP contribution in [-0.4, -0.2) is 23.0 Å². The highest BCUT2D eigenvalue weighted by atomic mass is 19.1. The van der Waals surface area contributed by atoms with E-state index in [-0.39, 0.29) is 23.9 Å². The van der Waals surface area contributed by atoms with Crippen LogP contribution in [0.25, 0.3) is 0 Å². The molecule has 120 valence electrons. The van der Waals surface area contributed by atoms with Crippen LogP contribution in [0.3, 0.4) is 0 Å². The number of rotatable bonds is 6. The number of aliphatic hydroxyl groups excluding tert-OH is 1. The van der Waals surface area contributed by atoms with E-state index < -0.39 is 0 Å². The average molecular weight is 313 g/mol. The molecule has 0 aromatic heterocycles. The molecule has 0 aliphatic heterocycles. The van der Waals surface area contributed by atoms with Crippen LogP contribution in [0.1, 0.15) is 23.1 Å². The summed E-state index contributed by atoms with van der Waals surface area (Å²) in [5.74, 6) is -0.554. The van der Waals surface area contributed by atoms with E-state index in [2.05, 4.69) is 6.58 Å². The molecular weight excluding hydrogens is 293 g/mol. The SMILES string of the molecule is C=C(O)CC(=O)N(C)Cc1cccc(Cc2ccc(F)cc2)c1. The molecular formula is C19H20FNO2. The molecule has 0 bridgehead atoms. The molecule has 4 heteroatoms. The fourth-order valence-electron chi connectivity index (χ4n) is 2.35. The molecule has 0 saturated heterocycles. The van der Waals surface area contributed by atoms with Crippen LogP contribution in [0.15, 0.2) is 60.9 Å². The van der Waals surface area contributed by atoms with Crippen molar-refractivity contribution in [1.29, 1.82) is 0 Å². The van der Waals surface area contributed by atoms with Gasteiger partial charge in [-0.25, -0.2) is 4.39 Å². The molecule has 2 aromatic rings. The van der Waals surface area contributed by atoms with E-state index in [9.17, 15) is 9.18 Å². The van der Waals surface area contributed by atoms with Crippen LogP contribution in [0.2, 0.25) is 0 Å². The number of carbonyl (C=O) groups is 1. The second-order valence-electron chi connectivity index (χ2n) is 5.62. The number of halogens is 1. The molecule has 0 unspecified atom stereocenters. The first-order valence-corrected chi connectivity index (χ1v) is 7.37. The Kier molecular flexibility index (Phi) is 5.52. The highest BCUT2D eigenvalue weighted by Gasteiger charge is 2.10. The molecule has 2 rings (SSSR count). The van der Waals surface area contributed by atoms with Gasteiger partial charge >= 0.3 is 0 Å². The van der Waals surface area contributed by atoms with Crippen molar-refractivity contribution in [2.75, 3.05) is 7.05 Å². The Morgan fingerprint density at radius 3 is 2.43 bits per heavy atom. The van der Waals surface area contributed by atoms with Gasteiger partial charge < -0.3 is 10.0 Å². The third-order valence-corrected chi connectivity index (χ3v) is 3.51. The second-order valence-corrected chi connectivity index (χ2v) is 5.62. The van der Waals surface area contributed by atoms with Crippen molar-refractivity contribution in [3.05, 3.63) is 83.4 Å². The number of aliphatic hydroxyl groups is 1. The maximum Gasteiger partial charge on any atom is 0.230 e. The van der Waals surface area contributed by atoms with Crippen LogP contribution >= 0.6 is 0 Å². The van der Waals surface area contributed by atoms with Gasteiger partial charge in [-0.05, 0) is 35.2 Å². The Hall–Kier alpha value is -2.62. The number of amides is 1. The summed E-state index contributed by atoms with van der Waals surface area (Å²) in [6.45, 7) is 3.79. The van der Waals surface area contributed by atoms with Crippen LogP contribution in [-0.2, 0) is 17.8 Å². The minimum absolute atomic E-state index is 0.0637. The molecule has 2 aromatic carbocycles. The van der Waals surface area contributed by atoms with Crippen molar-refractivity contribution in [1.82, 2.24) is 4.90 Å².